The smallest absolute Gasteiger partial charge is 0 e. The van der Waals surface area contributed by atoms with E-state index >= 15 is 0 Å². The molecule has 0 fully saturated rings. The number of hydrogen-bond acceptors (Lipinski definition) is 1. The zero-order chi connectivity index (χ0) is 15.8. The third-order valence-corrected chi connectivity index (χ3v) is 5.62. The standard InChI is InChI=1S/C16H23NP2.CO.Ru.Y.H/c1-18(2)11-10-15-9-8-13-6-5-7-14(12-19(3)4)16(13)17-15;1-2;;;/h5-9H,10-12H2,1-4H3;;;;/p+2. The van der Waals surface area contributed by atoms with E-state index in [0.29, 0.717) is 0 Å². The van der Waals surface area contributed by atoms with Crippen LogP contribution in [0.5, 0.6) is 0 Å². The Balaban J connectivity index is 0. The molecule has 0 amide bonds. The first kappa shape index (κ1) is 26.2. The number of nitrogens with zero attached hydrogens (tertiary/aromatic N) is 1. The second kappa shape index (κ2) is 14.2. The molecule has 1 aromatic carbocycles. The Labute approximate surface area is 180 Å². The molecule has 0 atom stereocenters. The number of para-hydroxylation sites is 1. The van der Waals surface area contributed by atoms with E-state index < -0.39 is 0 Å². The summed E-state index contributed by atoms with van der Waals surface area (Å²) in [5.74, 6) is 0. The molecular weight excluding hydrogens is 486 g/mol. The first-order chi connectivity index (χ1) is 10.1. The number of aromatic nitrogens is 1. The van der Waals surface area contributed by atoms with Gasteiger partial charge in [-0.3, -0.25) is 4.98 Å². The van der Waals surface area contributed by atoms with Crippen molar-refractivity contribution in [3.63, 3.8) is 0 Å². The average Bonchev–Trinajstić information content (AvgIpc) is 2.47. The van der Waals surface area contributed by atoms with Crippen molar-refractivity contribution in [1.29, 1.82) is 0 Å². The number of hydrogen-bond donors (Lipinski definition) is 0. The number of rotatable bonds is 5. The van der Waals surface area contributed by atoms with Crippen molar-refractivity contribution in [2.24, 2.45) is 0 Å². The monoisotopic (exact) mass is 513 g/mol. The van der Waals surface area contributed by atoms with Gasteiger partial charge in [0.05, 0.1) is 17.8 Å². The van der Waals surface area contributed by atoms with E-state index in [4.69, 9.17) is 9.64 Å². The molecule has 23 heavy (non-hydrogen) atoms. The van der Waals surface area contributed by atoms with Crippen LogP contribution in [-0.4, -0.2) is 37.8 Å². The molecule has 2 aromatic rings. The molecule has 6 heteroatoms. The summed E-state index contributed by atoms with van der Waals surface area (Å²) in [5.41, 5.74) is 3.95. The summed E-state index contributed by atoms with van der Waals surface area (Å²) < 4.78 is 7.50. The van der Waals surface area contributed by atoms with Crippen molar-refractivity contribution in [1.82, 2.24) is 4.98 Å². The van der Waals surface area contributed by atoms with Crippen molar-refractivity contribution < 1.29 is 56.8 Å². The van der Waals surface area contributed by atoms with Gasteiger partial charge >= 0.3 is 30.8 Å². The van der Waals surface area contributed by atoms with Gasteiger partial charge in [-0.05, 0) is 21.9 Å². The second-order valence-corrected chi connectivity index (χ2v) is 11.6. The quantitative estimate of drug-likeness (QED) is 0.259. The van der Waals surface area contributed by atoms with Gasteiger partial charge in [0, 0.05) is 82.4 Å². The fraction of sp³-hybridized carbons (Fsp3) is 0.412. The van der Waals surface area contributed by atoms with Crippen LogP contribution in [0, 0.1) is 6.65 Å². The van der Waals surface area contributed by atoms with Crippen LogP contribution in [0.15, 0.2) is 30.3 Å². The van der Waals surface area contributed by atoms with Crippen LogP contribution in [0.3, 0.4) is 0 Å². The van der Waals surface area contributed by atoms with E-state index in [1.54, 1.807) is 0 Å². The molecule has 0 saturated heterocycles. The third-order valence-electron chi connectivity index (χ3n) is 3.29. The zero-order valence-corrected chi connectivity index (χ0v) is 21.0. The minimum atomic E-state index is -0.250. The van der Waals surface area contributed by atoms with Crippen LogP contribution in [0.25, 0.3) is 10.9 Å². The summed E-state index contributed by atoms with van der Waals surface area (Å²) in [7, 11) is -0.399. The van der Waals surface area contributed by atoms with E-state index in [1.807, 2.05) is 0 Å². The predicted molar refractivity (Wildman–Crippen MR) is 99.7 cm³/mol. The minimum absolute atomic E-state index is 0. The van der Waals surface area contributed by atoms with Gasteiger partial charge in [-0.15, -0.1) is 0 Å². The minimum Gasteiger partial charge on any atom is 0 e. The third kappa shape index (κ3) is 9.28. The fourth-order valence-electron chi connectivity index (χ4n) is 2.29. The van der Waals surface area contributed by atoms with E-state index in [0.717, 1.165) is 6.42 Å². The van der Waals surface area contributed by atoms with E-state index in [-0.39, 0.29) is 68.0 Å². The fourth-order valence-corrected chi connectivity index (χ4v) is 4.09. The van der Waals surface area contributed by atoms with Crippen LogP contribution >= 0.6 is 15.8 Å². The molecule has 0 bridgehead atoms. The molecule has 0 saturated carbocycles. The molecule has 0 aliphatic rings. The maximum atomic E-state index is 7.50. The van der Waals surface area contributed by atoms with Gasteiger partial charge < -0.3 is 0 Å². The van der Waals surface area contributed by atoms with Crippen LogP contribution in [0.2, 0.25) is 0 Å². The maximum absolute atomic E-state index is 7.50. The number of benzene rings is 1. The van der Waals surface area contributed by atoms with Crippen LogP contribution in [0.4, 0.5) is 0 Å². The largest absolute Gasteiger partial charge is 0 e. The zero-order valence-electron chi connectivity index (χ0n) is 14.3. The Bertz CT molecular complexity index is 605. The van der Waals surface area contributed by atoms with E-state index in [1.165, 1.54) is 34.5 Å². The average molecular weight is 512 g/mol. The Morgan fingerprint density at radius 3 is 2.22 bits per heavy atom. The van der Waals surface area contributed by atoms with E-state index in [9.17, 15) is 0 Å². The SMILES string of the molecule is C[PH+](C)CCc1ccc2cccc(C[PH+](C)C)c2n1.[C-]#[O+].[RuH].[Y]. The first-order valence-corrected chi connectivity index (χ1v) is 12.6. The number of aryl methyl sites for hydroxylation is 1. The molecular formula is C17H26NOP2RuY+2. The van der Waals surface area contributed by atoms with Gasteiger partial charge in [-0.25, -0.2) is 0 Å². The summed E-state index contributed by atoms with van der Waals surface area (Å²) in [6.45, 7) is 14.0. The Hall–Kier alpha value is 0.957. The van der Waals surface area contributed by atoms with Gasteiger partial charge in [0.25, 0.3) is 0 Å². The predicted octanol–water partition coefficient (Wildman–Crippen LogP) is 3.91. The maximum Gasteiger partial charge on any atom is 0 e. The van der Waals surface area contributed by atoms with E-state index in [2.05, 4.69) is 63.6 Å². The van der Waals surface area contributed by atoms with Crippen molar-refractivity contribution in [3.05, 3.63) is 48.2 Å². The summed E-state index contributed by atoms with van der Waals surface area (Å²) >= 11 is 0. The normalized spacial score (nSPS) is 9.74. The van der Waals surface area contributed by atoms with Gasteiger partial charge in [0.1, 0.15) is 0 Å². The molecule has 2 rings (SSSR count). The summed E-state index contributed by atoms with van der Waals surface area (Å²) in [5, 5.41) is 1.29. The van der Waals surface area contributed by atoms with Crippen molar-refractivity contribution in [3.8, 4) is 0 Å². The number of pyridine rings is 1. The molecule has 1 aromatic heterocycles. The van der Waals surface area contributed by atoms with Crippen LogP contribution in [-0.2, 0) is 69.4 Å². The van der Waals surface area contributed by atoms with Gasteiger partial charge in [-0.1, -0.05) is 24.3 Å². The molecule has 124 valence electrons. The van der Waals surface area contributed by atoms with Crippen LogP contribution in [0.1, 0.15) is 11.3 Å². The van der Waals surface area contributed by atoms with Crippen molar-refractivity contribution >= 4 is 26.7 Å². The molecule has 1 heterocycles. The topological polar surface area (TPSA) is 32.8 Å². The summed E-state index contributed by atoms with van der Waals surface area (Å²) in [6, 6.07) is 11.1. The molecule has 0 spiro atoms. The van der Waals surface area contributed by atoms with Gasteiger partial charge in [0.2, 0.25) is 0 Å². The van der Waals surface area contributed by atoms with Crippen molar-refractivity contribution in [2.45, 2.75) is 12.6 Å². The first-order valence-electron chi connectivity index (χ1n) is 7.22. The Morgan fingerprint density at radius 2 is 1.65 bits per heavy atom. The summed E-state index contributed by atoms with van der Waals surface area (Å²) in [4.78, 5) is 4.93. The molecule has 0 aliphatic carbocycles. The Kier molecular flexibility index (Phi) is 16.1. The molecule has 0 unspecified atom stereocenters. The van der Waals surface area contributed by atoms with Gasteiger partial charge in [-0.2, -0.15) is 0 Å². The summed E-state index contributed by atoms with van der Waals surface area (Å²) in [6.07, 6.45) is 3.68. The van der Waals surface area contributed by atoms with Crippen LogP contribution < -0.4 is 0 Å². The second-order valence-electron chi connectivity index (χ2n) is 5.88. The van der Waals surface area contributed by atoms with Crippen molar-refractivity contribution in [2.75, 3.05) is 32.8 Å². The Morgan fingerprint density at radius 1 is 1.00 bits per heavy atom. The molecule has 0 aliphatic heterocycles. The van der Waals surface area contributed by atoms with Gasteiger partial charge in [0.15, 0.2) is 0 Å². The molecule has 0 N–H and O–H groups in total. The number of fused-ring (bicyclic) bond motifs is 1. The molecule has 2 nitrogen and oxygen atoms in total. The molecule has 1 radical (unpaired) electrons.